The van der Waals surface area contributed by atoms with Crippen LogP contribution < -0.4 is 10.0 Å². The molecule has 3 N–H and O–H groups in total. The predicted octanol–water partition coefficient (Wildman–Crippen LogP) is 0.395. The molecule has 2 rings (SSSR count). The molecule has 0 saturated carbocycles. The molecule has 0 aliphatic carbocycles. The van der Waals surface area contributed by atoms with Crippen LogP contribution in [0.2, 0.25) is 0 Å². The topological polar surface area (TPSA) is 108 Å². The summed E-state index contributed by atoms with van der Waals surface area (Å²) >= 11 is 1.32. The van der Waals surface area contributed by atoms with Crippen LogP contribution in [0.5, 0.6) is 0 Å². The number of sulfonamides is 1. The third kappa shape index (κ3) is 4.15. The maximum atomic E-state index is 11.7. The van der Waals surface area contributed by atoms with E-state index in [0.29, 0.717) is 11.7 Å². The van der Waals surface area contributed by atoms with Crippen LogP contribution in [0.4, 0.5) is 5.13 Å². The van der Waals surface area contributed by atoms with Crippen molar-refractivity contribution in [1.29, 1.82) is 0 Å². The number of rotatable bonds is 6. The standard InChI is InChI=1S/C10H15N3O4S2/c14-9(15)2-1-5-19(16,17)13-10-12-7-3-4-11-6-8(7)18-10/h11H,1-6H2,(H,12,13)(H,14,15). The second-order valence-corrected chi connectivity index (χ2v) is 7.16. The summed E-state index contributed by atoms with van der Waals surface area (Å²) in [5, 5.41) is 12.0. The van der Waals surface area contributed by atoms with Gasteiger partial charge in [0.2, 0.25) is 10.0 Å². The Kier molecular flexibility index (Phi) is 4.38. The number of hydrogen-bond donors (Lipinski definition) is 3. The van der Waals surface area contributed by atoms with E-state index in [1.165, 1.54) is 11.3 Å². The molecule has 1 aromatic rings. The first-order valence-corrected chi connectivity index (χ1v) is 8.35. The predicted molar refractivity (Wildman–Crippen MR) is 71.8 cm³/mol. The number of carboxylic acids is 1. The Bertz CT molecular complexity index is 544. The Morgan fingerprint density at radius 3 is 3.00 bits per heavy atom. The van der Waals surface area contributed by atoms with Gasteiger partial charge in [-0.25, -0.2) is 13.4 Å². The fourth-order valence-corrected chi connectivity index (χ4v) is 4.08. The van der Waals surface area contributed by atoms with Crippen molar-refractivity contribution in [3.8, 4) is 0 Å². The number of thiazole rings is 1. The quantitative estimate of drug-likeness (QED) is 0.702. The van der Waals surface area contributed by atoms with Gasteiger partial charge in [-0.2, -0.15) is 0 Å². The van der Waals surface area contributed by atoms with Crippen LogP contribution in [0.3, 0.4) is 0 Å². The van der Waals surface area contributed by atoms with E-state index in [0.717, 1.165) is 23.5 Å². The van der Waals surface area contributed by atoms with Gasteiger partial charge in [-0.15, -0.1) is 0 Å². The second-order valence-electron chi connectivity index (χ2n) is 4.23. The average molecular weight is 305 g/mol. The van der Waals surface area contributed by atoms with Crippen molar-refractivity contribution in [2.24, 2.45) is 0 Å². The Morgan fingerprint density at radius 1 is 1.53 bits per heavy atom. The second kappa shape index (κ2) is 5.85. The molecule has 0 atom stereocenters. The summed E-state index contributed by atoms with van der Waals surface area (Å²) in [6, 6.07) is 0. The summed E-state index contributed by atoms with van der Waals surface area (Å²) in [6.07, 6.45) is 0.739. The van der Waals surface area contributed by atoms with Gasteiger partial charge in [0.05, 0.1) is 11.4 Å². The highest BCUT2D eigenvalue weighted by Crippen LogP contribution is 2.26. The molecule has 0 spiro atoms. The molecule has 0 aromatic carbocycles. The van der Waals surface area contributed by atoms with E-state index in [-0.39, 0.29) is 18.6 Å². The number of carbonyl (C=O) groups is 1. The number of nitrogens with zero attached hydrogens (tertiary/aromatic N) is 1. The van der Waals surface area contributed by atoms with E-state index < -0.39 is 16.0 Å². The fraction of sp³-hybridized carbons (Fsp3) is 0.600. The largest absolute Gasteiger partial charge is 0.481 e. The summed E-state index contributed by atoms with van der Waals surface area (Å²) in [5.41, 5.74) is 0.937. The van der Waals surface area contributed by atoms with Crippen LogP contribution in [0, 0.1) is 0 Å². The minimum absolute atomic E-state index is 0.0946. The van der Waals surface area contributed by atoms with Crippen LogP contribution in [-0.2, 0) is 27.8 Å². The summed E-state index contributed by atoms with van der Waals surface area (Å²) < 4.78 is 25.9. The van der Waals surface area contributed by atoms with E-state index in [1.54, 1.807) is 0 Å². The van der Waals surface area contributed by atoms with Crippen LogP contribution in [0.25, 0.3) is 0 Å². The van der Waals surface area contributed by atoms with Gasteiger partial charge >= 0.3 is 5.97 Å². The lowest BCUT2D eigenvalue weighted by molar-refractivity contribution is -0.137. The molecule has 0 unspecified atom stereocenters. The van der Waals surface area contributed by atoms with Gasteiger partial charge in [0.25, 0.3) is 0 Å². The molecular formula is C10H15N3O4S2. The monoisotopic (exact) mass is 305 g/mol. The third-order valence-corrected chi connectivity index (χ3v) is 5.12. The van der Waals surface area contributed by atoms with Crippen LogP contribution in [0.1, 0.15) is 23.4 Å². The molecule has 1 aliphatic rings. The summed E-state index contributed by atoms with van der Waals surface area (Å²) in [6.45, 7) is 1.56. The van der Waals surface area contributed by atoms with Gasteiger partial charge < -0.3 is 10.4 Å². The number of nitrogens with one attached hydrogen (secondary N) is 2. The van der Waals surface area contributed by atoms with Crippen LogP contribution >= 0.6 is 11.3 Å². The highest BCUT2D eigenvalue weighted by molar-refractivity contribution is 7.92. The molecule has 0 radical (unpaired) electrons. The van der Waals surface area contributed by atoms with E-state index in [1.807, 2.05) is 0 Å². The lowest BCUT2D eigenvalue weighted by Crippen LogP contribution is -2.22. The normalized spacial score (nSPS) is 14.9. The molecule has 9 heteroatoms. The van der Waals surface area contributed by atoms with Gasteiger partial charge in [0, 0.05) is 30.8 Å². The summed E-state index contributed by atoms with van der Waals surface area (Å²) in [4.78, 5) is 15.6. The van der Waals surface area contributed by atoms with Gasteiger partial charge in [-0.3, -0.25) is 9.52 Å². The Labute approximate surface area is 115 Å². The maximum absolute atomic E-state index is 11.7. The van der Waals surface area contributed by atoms with Crippen molar-refractivity contribution in [3.63, 3.8) is 0 Å². The number of hydrogen-bond acceptors (Lipinski definition) is 6. The van der Waals surface area contributed by atoms with Crippen molar-refractivity contribution in [3.05, 3.63) is 10.6 Å². The molecule has 0 saturated heterocycles. The zero-order valence-electron chi connectivity index (χ0n) is 10.2. The molecule has 19 heavy (non-hydrogen) atoms. The molecule has 0 fully saturated rings. The number of carboxylic acid groups (broad SMARTS) is 1. The Balaban J connectivity index is 1.95. The smallest absolute Gasteiger partial charge is 0.303 e. The van der Waals surface area contributed by atoms with Crippen molar-refractivity contribution < 1.29 is 18.3 Å². The molecule has 1 aromatic heterocycles. The van der Waals surface area contributed by atoms with Crippen LogP contribution in [-0.4, -0.2) is 36.8 Å². The van der Waals surface area contributed by atoms with Gasteiger partial charge in [0.15, 0.2) is 5.13 Å². The molecular weight excluding hydrogens is 290 g/mol. The third-order valence-electron chi connectivity index (χ3n) is 2.65. The number of anilines is 1. The minimum Gasteiger partial charge on any atom is -0.481 e. The summed E-state index contributed by atoms with van der Waals surface area (Å²) in [7, 11) is -3.52. The molecule has 1 aliphatic heterocycles. The van der Waals surface area contributed by atoms with E-state index in [2.05, 4.69) is 15.0 Å². The van der Waals surface area contributed by atoms with Gasteiger partial charge in [0.1, 0.15) is 0 Å². The SMILES string of the molecule is O=C(O)CCCS(=O)(=O)Nc1nc2c(s1)CNCC2. The fourth-order valence-electron chi connectivity index (χ4n) is 1.77. The summed E-state index contributed by atoms with van der Waals surface area (Å²) in [5.74, 6) is -1.20. The molecule has 0 bridgehead atoms. The number of aliphatic carboxylic acids is 1. The number of fused-ring (bicyclic) bond motifs is 1. The Hall–Kier alpha value is -1.19. The minimum atomic E-state index is -3.52. The molecule has 106 valence electrons. The van der Waals surface area contributed by atoms with E-state index in [4.69, 9.17) is 5.11 Å². The lowest BCUT2D eigenvalue weighted by atomic mass is 10.2. The van der Waals surface area contributed by atoms with E-state index in [9.17, 15) is 13.2 Å². The van der Waals surface area contributed by atoms with Crippen molar-refractivity contribution in [2.75, 3.05) is 17.0 Å². The first-order chi connectivity index (χ1) is 8.96. The zero-order chi connectivity index (χ0) is 13.9. The Morgan fingerprint density at radius 2 is 2.32 bits per heavy atom. The number of aromatic nitrogens is 1. The zero-order valence-corrected chi connectivity index (χ0v) is 11.8. The van der Waals surface area contributed by atoms with E-state index >= 15 is 0 Å². The maximum Gasteiger partial charge on any atom is 0.303 e. The molecule has 7 nitrogen and oxygen atoms in total. The first kappa shape index (κ1) is 14.2. The highest BCUT2D eigenvalue weighted by atomic mass is 32.2. The van der Waals surface area contributed by atoms with Crippen molar-refractivity contribution in [1.82, 2.24) is 10.3 Å². The molecule has 0 amide bonds. The van der Waals surface area contributed by atoms with Gasteiger partial charge in [-0.05, 0) is 6.42 Å². The van der Waals surface area contributed by atoms with Crippen molar-refractivity contribution >= 4 is 32.5 Å². The van der Waals surface area contributed by atoms with Crippen LogP contribution in [0.15, 0.2) is 0 Å². The highest BCUT2D eigenvalue weighted by Gasteiger charge is 2.18. The van der Waals surface area contributed by atoms with Crippen molar-refractivity contribution in [2.45, 2.75) is 25.8 Å². The van der Waals surface area contributed by atoms with Gasteiger partial charge in [-0.1, -0.05) is 11.3 Å². The average Bonchev–Trinajstić information content (AvgIpc) is 2.68. The first-order valence-electron chi connectivity index (χ1n) is 5.88. The molecule has 2 heterocycles. The lowest BCUT2D eigenvalue weighted by Gasteiger charge is -2.09.